The van der Waals surface area contributed by atoms with Gasteiger partial charge in [0.15, 0.2) is 0 Å². The van der Waals surface area contributed by atoms with E-state index in [1.54, 1.807) is 0 Å². The molecule has 0 aliphatic rings. The molecule has 2 rings (SSSR count). The zero-order valence-electron chi connectivity index (χ0n) is 9.11. The van der Waals surface area contributed by atoms with E-state index >= 15 is 0 Å². The van der Waals surface area contributed by atoms with Gasteiger partial charge in [0.2, 0.25) is 0 Å². The van der Waals surface area contributed by atoms with Gasteiger partial charge >= 0.3 is 0 Å². The van der Waals surface area contributed by atoms with Crippen molar-refractivity contribution in [1.29, 1.82) is 0 Å². The third-order valence-corrected chi connectivity index (χ3v) is 2.75. The van der Waals surface area contributed by atoms with Crippen molar-refractivity contribution in [3.05, 3.63) is 48.0 Å². The van der Waals surface area contributed by atoms with Crippen molar-refractivity contribution >= 4 is 10.8 Å². The van der Waals surface area contributed by atoms with E-state index < -0.39 is 0 Å². The predicted octanol–water partition coefficient (Wildman–Crippen LogP) is 3.12. The Morgan fingerprint density at radius 2 is 1.80 bits per heavy atom. The molecule has 1 heteroatoms. The lowest BCUT2D eigenvalue weighted by Gasteiger charge is -2.08. The Labute approximate surface area is 90.9 Å². The molecule has 78 valence electrons. The van der Waals surface area contributed by atoms with Crippen LogP contribution in [0.4, 0.5) is 0 Å². The Balaban J connectivity index is 2.34. The van der Waals surface area contributed by atoms with Gasteiger partial charge in [0.25, 0.3) is 0 Å². The zero-order valence-corrected chi connectivity index (χ0v) is 9.11. The summed E-state index contributed by atoms with van der Waals surface area (Å²) >= 11 is 0. The molecule has 0 saturated carbocycles. The number of hydrogen-bond acceptors (Lipinski definition) is 1. The monoisotopic (exact) mass is 199 g/mol. The summed E-state index contributed by atoms with van der Waals surface area (Å²) in [5, 5.41) is 2.68. The molecule has 0 bridgehead atoms. The molecule has 0 spiro atoms. The maximum atomic E-state index is 5.78. The van der Waals surface area contributed by atoms with Crippen molar-refractivity contribution in [3.63, 3.8) is 0 Å². The molecular formula is C14H17N. The SMILES string of the molecule is CC(N)CCc1cccc2ccccc12. The standard InChI is InChI=1S/C14H17N/c1-11(15)9-10-13-7-4-6-12-5-2-3-8-14(12)13/h2-8,11H,9-10,15H2,1H3. The number of aryl methyl sites for hydroxylation is 1. The largest absolute Gasteiger partial charge is 0.328 e. The van der Waals surface area contributed by atoms with Crippen LogP contribution in [0.15, 0.2) is 42.5 Å². The second kappa shape index (κ2) is 4.45. The molecule has 2 aromatic rings. The van der Waals surface area contributed by atoms with Crippen molar-refractivity contribution in [1.82, 2.24) is 0 Å². The minimum Gasteiger partial charge on any atom is -0.328 e. The Bertz CT molecular complexity index is 441. The molecule has 15 heavy (non-hydrogen) atoms. The summed E-state index contributed by atoms with van der Waals surface area (Å²) in [7, 11) is 0. The van der Waals surface area contributed by atoms with Crippen molar-refractivity contribution < 1.29 is 0 Å². The van der Waals surface area contributed by atoms with Crippen LogP contribution in [0.25, 0.3) is 10.8 Å². The Morgan fingerprint density at radius 3 is 2.60 bits per heavy atom. The molecule has 0 aromatic heterocycles. The minimum absolute atomic E-state index is 0.281. The van der Waals surface area contributed by atoms with Gasteiger partial charge in [-0.25, -0.2) is 0 Å². The zero-order chi connectivity index (χ0) is 10.7. The smallest absolute Gasteiger partial charge is 0.00136 e. The Kier molecular flexibility index (Phi) is 3.02. The normalized spacial score (nSPS) is 12.9. The molecule has 0 heterocycles. The average Bonchev–Trinajstić information content (AvgIpc) is 2.26. The van der Waals surface area contributed by atoms with Gasteiger partial charge in [-0.15, -0.1) is 0 Å². The lowest BCUT2D eigenvalue weighted by atomic mass is 9.99. The van der Waals surface area contributed by atoms with Crippen LogP contribution in [0.2, 0.25) is 0 Å². The van der Waals surface area contributed by atoms with Gasteiger partial charge in [0.1, 0.15) is 0 Å². The molecule has 2 aromatic carbocycles. The van der Waals surface area contributed by atoms with Crippen LogP contribution < -0.4 is 5.73 Å². The Hall–Kier alpha value is -1.34. The summed E-state index contributed by atoms with van der Waals surface area (Å²) in [5.41, 5.74) is 7.19. The summed E-state index contributed by atoms with van der Waals surface area (Å²) in [4.78, 5) is 0. The fraction of sp³-hybridized carbons (Fsp3) is 0.286. The van der Waals surface area contributed by atoms with Crippen LogP contribution in [-0.4, -0.2) is 6.04 Å². The highest BCUT2D eigenvalue weighted by atomic mass is 14.6. The van der Waals surface area contributed by atoms with Gasteiger partial charge in [0.05, 0.1) is 0 Å². The number of hydrogen-bond donors (Lipinski definition) is 1. The average molecular weight is 199 g/mol. The highest BCUT2D eigenvalue weighted by molar-refractivity contribution is 5.85. The number of fused-ring (bicyclic) bond motifs is 1. The minimum atomic E-state index is 0.281. The van der Waals surface area contributed by atoms with E-state index in [9.17, 15) is 0 Å². The third-order valence-electron chi connectivity index (χ3n) is 2.75. The highest BCUT2D eigenvalue weighted by Crippen LogP contribution is 2.19. The predicted molar refractivity (Wildman–Crippen MR) is 65.9 cm³/mol. The van der Waals surface area contributed by atoms with Crippen molar-refractivity contribution in [2.45, 2.75) is 25.8 Å². The molecule has 2 N–H and O–H groups in total. The first-order valence-corrected chi connectivity index (χ1v) is 5.49. The second-order valence-electron chi connectivity index (χ2n) is 4.15. The third kappa shape index (κ3) is 2.37. The van der Waals surface area contributed by atoms with Crippen molar-refractivity contribution in [2.24, 2.45) is 5.73 Å². The van der Waals surface area contributed by atoms with Crippen LogP contribution in [0.5, 0.6) is 0 Å². The van der Waals surface area contributed by atoms with Crippen molar-refractivity contribution in [2.75, 3.05) is 0 Å². The van der Waals surface area contributed by atoms with Gasteiger partial charge in [-0.2, -0.15) is 0 Å². The fourth-order valence-electron chi connectivity index (χ4n) is 1.89. The first-order chi connectivity index (χ1) is 7.27. The maximum absolute atomic E-state index is 5.78. The van der Waals surface area contributed by atoms with Crippen LogP contribution in [0.1, 0.15) is 18.9 Å². The van der Waals surface area contributed by atoms with E-state index in [1.807, 2.05) is 0 Å². The molecule has 0 aliphatic carbocycles. The molecule has 1 atom stereocenters. The number of nitrogens with two attached hydrogens (primary N) is 1. The van der Waals surface area contributed by atoms with Crippen molar-refractivity contribution in [3.8, 4) is 0 Å². The quantitative estimate of drug-likeness (QED) is 0.807. The van der Waals surface area contributed by atoms with Gasteiger partial charge in [-0.05, 0) is 36.1 Å². The molecule has 1 unspecified atom stereocenters. The van der Waals surface area contributed by atoms with Gasteiger partial charge < -0.3 is 5.73 Å². The molecular weight excluding hydrogens is 182 g/mol. The summed E-state index contributed by atoms with van der Waals surface area (Å²) in [5.74, 6) is 0. The van der Waals surface area contributed by atoms with E-state index in [1.165, 1.54) is 16.3 Å². The summed E-state index contributed by atoms with van der Waals surface area (Å²) in [6.45, 7) is 2.06. The molecule has 0 aliphatic heterocycles. The van der Waals surface area contributed by atoms with E-state index in [0.29, 0.717) is 0 Å². The van der Waals surface area contributed by atoms with Gasteiger partial charge in [0, 0.05) is 6.04 Å². The topological polar surface area (TPSA) is 26.0 Å². The fourth-order valence-corrected chi connectivity index (χ4v) is 1.89. The molecule has 0 fully saturated rings. The van der Waals surface area contributed by atoms with E-state index in [0.717, 1.165) is 12.8 Å². The summed E-state index contributed by atoms with van der Waals surface area (Å²) < 4.78 is 0. The van der Waals surface area contributed by atoms with Gasteiger partial charge in [-0.1, -0.05) is 42.5 Å². The van der Waals surface area contributed by atoms with E-state index in [2.05, 4.69) is 49.4 Å². The number of benzene rings is 2. The maximum Gasteiger partial charge on any atom is 0.00136 e. The van der Waals surface area contributed by atoms with E-state index in [4.69, 9.17) is 5.73 Å². The number of rotatable bonds is 3. The Morgan fingerprint density at radius 1 is 1.07 bits per heavy atom. The molecule has 0 radical (unpaired) electrons. The van der Waals surface area contributed by atoms with Crippen LogP contribution in [0, 0.1) is 0 Å². The highest BCUT2D eigenvalue weighted by Gasteiger charge is 2.01. The summed E-state index contributed by atoms with van der Waals surface area (Å²) in [6, 6.07) is 15.3. The summed E-state index contributed by atoms with van der Waals surface area (Å²) in [6.07, 6.45) is 2.12. The van der Waals surface area contributed by atoms with Gasteiger partial charge in [-0.3, -0.25) is 0 Å². The second-order valence-corrected chi connectivity index (χ2v) is 4.15. The van der Waals surface area contributed by atoms with Crippen LogP contribution >= 0.6 is 0 Å². The molecule has 1 nitrogen and oxygen atoms in total. The first-order valence-electron chi connectivity index (χ1n) is 5.49. The van der Waals surface area contributed by atoms with Crippen LogP contribution in [0.3, 0.4) is 0 Å². The molecule has 0 saturated heterocycles. The molecule has 0 amide bonds. The lowest BCUT2D eigenvalue weighted by Crippen LogP contribution is -2.15. The van der Waals surface area contributed by atoms with E-state index in [-0.39, 0.29) is 6.04 Å². The van der Waals surface area contributed by atoms with Crippen LogP contribution in [-0.2, 0) is 6.42 Å². The lowest BCUT2D eigenvalue weighted by molar-refractivity contribution is 0.668. The first kappa shape index (κ1) is 10.2.